The first-order chi connectivity index (χ1) is 12.9. The van der Waals surface area contributed by atoms with Crippen LogP contribution in [0.25, 0.3) is 12.2 Å². The number of hydrogen-bond donors (Lipinski definition) is 0. The second-order valence-electron chi connectivity index (χ2n) is 6.18. The summed E-state index contributed by atoms with van der Waals surface area (Å²) in [5, 5.41) is 0. The van der Waals surface area contributed by atoms with E-state index in [9.17, 15) is 13.2 Å². The highest BCUT2D eigenvalue weighted by Crippen LogP contribution is 2.28. The Morgan fingerprint density at radius 2 is 1.19 bits per heavy atom. The molecule has 0 amide bonds. The highest BCUT2D eigenvalue weighted by atomic mass is 32.2. The molecule has 1 aliphatic rings. The highest BCUT2D eigenvalue weighted by molar-refractivity contribution is 7.92. The van der Waals surface area contributed by atoms with Gasteiger partial charge in [0.2, 0.25) is 0 Å². The summed E-state index contributed by atoms with van der Waals surface area (Å²) < 4.78 is 35.4. The third kappa shape index (κ3) is 4.28. The number of ketones is 1. The van der Waals surface area contributed by atoms with E-state index in [1.54, 1.807) is 36.4 Å². The lowest BCUT2D eigenvalue weighted by molar-refractivity contribution is -0.112. The lowest BCUT2D eigenvalue weighted by atomic mass is 10.00. The van der Waals surface area contributed by atoms with Crippen LogP contribution in [-0.2, 0) is 14.6 Å². The van der Waals surface area contributed by atoms with E-state index in [-0.39, 0.29) is 28.4 Å². The molecule has 6 heteroatoms. The van der Waals surface area contributed by atoms with Crippen LogP contribution >= 0.6 is 0 Å². The van der Waals surface area contributed by atoms with Crippen LogP contribution in [0.2, 0.25) is 0 Å². The number of Topliss-reactive ketones (excluding diaryl/α,β-unsaturated/α-hetero) is 1. The van der Waals surface area contributed by atoms with Gasteiger partial charge in [0.1, 0.15) is 11.5 Å². The van der Waals surface area contributed by atoms with E-state index in [1.165, 1.54) is 14.2 Å². The minimum atomic E-state index is -3.43. The van der Waals surface area contributed by atoms with Crippen LogP contribution in [0.1, 0.15) is 11.1 Å². The fraction of sp³-hybridized carbons (Fsp3) is 0.190. The molecule has 0 aliphatic carbocycles. The molecule has 5 nitrogen and oxygen atoms in total. The first kappa shape index (κ1) is 18.9. The van der Waals surface area contributed by atoms with Gasteiger partial charge in [0.25, 0.3) is 0 Å². The zero-order valence-electron chi connectivity index (χ0n) is 15.1. The Bertz CT molecular complexity index is 957. The van der Waals surface area contributed by atoms with E-state index in [0.29, 0.717) is 22.6 Å². The van der Waals surface area contributed by atoms with Crippen molar-refractivity contribution < 1.29 is 22.7 Å². The predicted octanol–water partition coefficient (Wildman–Crippen LogP) is 3.17. The first-order valence-corrected chi connectivity index (χ1v) is 10.2. The van der Waals surface area contributed by atoms with Crippen LogP contribution in [0.15, 0.2) is 59.7 Å². The molecule has 0 aromatic heterocycles. The molecule has 3 rings (SSSR count). The Hall–Kier alpha value is -2.86. The number of carbonyl (C=O) groups is 1. The summed E-state index contributed by atoms with van der Waals surface area (Å²) in [6, 6.07) is 14.3. The zero-order chi connectivity index (χ0) is 19.4. The molecule has 140 valence electrons. The fourth-order valence-corrected chi connectivity index (χ4v) is 4.50. The Labute approximate surface area is 158 Å². The van der Waals surface area contributed by atoms with Gasteiger partial charge < -0.3 is 9.47 Å². The van der Waals surface area contributed by atoms with E-state index in [4.69, 9.17) is 9.47 Å². The topological polar surface area (TPSA) is 69.7 Å². The van der Waals surface area contributed by atoms with Crippen LogP contribution in [-0.4, -0.2) is 39.9 Å². The number of carbonyl (C=O) groups excluding carboxylic acids is 1. The van der Waals surface area contributed by atoms with Gasteiger partial charge in [-0.1, -0.05) is 36.4 Å². The lowest BCUT2D eigenvalue weighted by Gasteiger charge is -2.18. The molecule has 0 N–H and O–H groups in total. The number of ether oxygens (including phenoxy) is 2. The Morgan fingerprint density at radius 1 is 0.778 bits per heavy atom. The van der Waals surface area contributed by atoms with Gasteiger partial charge in [-0.25, -0.2) is 8.42 Å². The molecule has 0 atom stereocenters. The zero-order valence-corrected chi connectivity index (χ0v) is 16.0. The van der Waals surface area contributed by atoms with Crippen LogP contribution in [0, 0.1) is 0 Å². The van der Waals surface area contributed by atoms with Gasteiger partial charge in [-0.3, -0.25) is 4.79 Å². The molecule has 0 bridgehead atoms. The van der Waals surface area contributed by atoms with Gasteiger partial charge in [0, 0.05) is 22.3 Å². The van der Waals surface area contributed by atoms with E-state index in [1.807, 2.05) is 24.3 Å². The molecule has 0 radical (unpaired) electrons. The van der Waals surface area contributed by atoms with Gasteiger partial charge >= 0.3 is 0 Å². The molecule has 0 spiro atoms. The smallest absolute Gasteiger partial charge is 0.187 e. The minimum absolute atomic E-state index is 0.229. The van der Waals surface area contributed by atoms with Crippen LogP contribution in [0.3, 0.4) is 0 Å². The summed E-state index contributed by atoms with van der Waals surface area (Å²) in [6.45, 7) is 0. The van der Waals surface area contributed by atoms with Gasteiger partial charge in [-0.2, -0.15) is 0 Å². The second kappa shape index (κ2) is 7.80. The van der Waals surface area contributed by atoms with Crippen molar-refractivity contribution in [2.45, 2.75) is 0 Å². The van der Waals surface area contributed by atoms with Crippen molar-refractivity contribution in [3.63, 3.8) is 0 Å². The number of rotatable bonds is 4. The largest absolute Gasteiger partial charge is 0.496 e. The van der Waals surface area contributed by atoms with E-state index in [2.05, 4.69) is 0 Å². The van der Waals surface area contributed by atoms with Crippen molar-refractivity contribution in [1.82, 2.24) is 0 Å². The molecule has 1 saturated heterocycles. The highest BCUT2D eigenvalue weighted by Gasteiger charge is 2.31. The van der Waals surface area contributed by atoms with Gasteiger partial charge in [0.05, 0.1) is 25.7 Å². The summed E-state index contributed by atoms with van der Waals surface area (Å²) in [5.41, 5.74) is 1.79. The maximum Gasteiger partial charge on any atom is 0.187 e. The SMILES string of the molecule is COc1ccccc1C=C1CS(=O)(=O)CC(=Cc2ccccc2OC)C1=O. The number of para-hydroxylation sites is 2. The first-order valence-electron chi connectivity index (χ1n) is 8.36. The maximum atomic E-state index is 12.9. The number of methoxy groups -OCH3 is 2. The van der Waals surface area contributed by atoms with Crippen molar-refractivity contribution in [3.05, 3.63) is 70.8 Å². The van der Waals surface area contributed by atoms with Crippen molar-refractivity contribution in [2.24, 2.45) is 0 Å². The molecule has 0 saturated carbocycles. The summed E-state index contributed by atoms with van der Waals surface area (Å²) in [5.74, 6) is 0.314. The third-order valence-corrected chi connectivity index (χ3v) is 5.77. The quantitative estimate of drug-likeness (QED) is 0.758. The molecule has 1 fully saturated rings. The lowest BCUT2D eigenvalue weighted by Crippen LogP contribution is -2.28. The van der Waals surface area contributed by atoms with Crippen LogP contribution in [0.4, 0.5) is 0 Å². The van der Waals surface area contributed by atoms with Crippen molar-refractivity contribution in [1.29, 1.82) is 0 Å². The van der Waals surface area contributed by atoms with Crippen LogP contribution < -0.4 is 9.47 Å². The predicted molar refractivity (Wildman–Crippen MR) is 106 cm³/mol. The molecule has 1 heterocycles. The van der Waals surface area contributed by atoms with Gasteiger partial charge in [-0.05, 0) is 24.3 Å². The van der Waals surface area contributed by atoms with Crippen molar-refractivity contribution in [3.8, 4) is 11.5 Å². The van der Waals surface area contributed by atoms with Crippen LogP contribution in [0.5, 0.6) is 11.5 Å². The molecule has 2 aromatic rings. The monoisotopic (exact) mass is 384 g/mol. The average molecular weight is 384 g/mol. The van der Waals surface area contributed by atoms with Crippen molar-refractivity contribution in [2.75, 3.05) is 25.7 Å². The number of hydrogen-bond acceptors (Lipinski definition) is 5. The Balaban J connectivity index is 2.06. The molecule has 1 aliphatic heterocycles. The fourth-order valence-electron chi connectivity index (χ4n) is 3.02. The summed E-state index contributed by atoms with van der Waals surface area (Å²) in [6.07, 6.45) is 3.18. The molecule has 0 unspecified atom stereocenters. The molecule has 2 aromatic carbocycles. The minimum Gasteiger partial charge on any atom is -0.496 e. The molecular formula is C21H20O5S. The average Bonchev–Trinajstić information content (AvgIpc) is 2.66. The van der Waals surface area contributed by atoms with E-state index < -0.39 is 9.84 Å². The number of benzene rings is 2. The maximum absolute atomic E-state index is 12.9. The van der Waals surface area contributed by atoms with Gasteiger partial charge in [-0.15, -0.1) is 0 Å². The second-order valence-corrected chi connectivity index (χ2v) is 8.25. The Kier molecular flexibility index (Phi) is 5.46. The van der Waals surface area contributed by atoms with Crippen molar-refractivity contribution >= 4 is 27.8 Å². The summed E-state index contributed by atoms with van der Waals surface area (Å²) in [7, 11) is -0.369. The third-order valence-electron chi connectivity index (χ3n) is 4.27. The van der Waals surface area contributed by atoms with E-state index in [0.717, 1.165) is 0 Å². The summed E-state index contributed by atoms with van der Waals surface area (Å²) in [4.78, 5) is 12.9. The van der Waals surface area contributed by atoms with Gasteiger partial charge in [0.15, 0.2) is 15.6 Å². The summed E-state index contributed by atoms with van der Waals surface area (Å²) >= 11 is 0. The van der Waals surface area contributed by atoms with E-state index >= 15 is 0 Å². The molecule has 27 heavy (non-hydrogen) atoms. The number of sulfone groups is 1. The standard InChI is InChI=1S/C21H20O5S/c1-25-19-9-5-3-7-15(19)11-17-13-27(23,24)14-18(21(17)22)12-16-8-4-6-10-20(16)26-2/h3-12H,13-14H2,1-2H3. The Morgan fingerprint density at radius 3 is 1.59 bits per heavy atom. The normalized spacial score (nSPS) is 19.3. The molecular weight excluding hydrogens is 364 g/mol.